The van der Waals surface area contributed by atoms with E-state index in [2.05, 4.69) is 0 Å². The SMILES string of the molecule is COC(=O)c1c(OC(=O)OC(C)(C)C)c(O)cc2c1OCCC21CC1. The fraction of sp³-hybridized carbons (Fsp3) is 0.556. The second kappa shape index (κ2) is 5.82. The van der Waals surface area contributed by atoms with Crippen LogP contribution in [0.2, 0.25) is 0 Å². The van der Waals surface area contributed by atoms with Crippen LogP contribution in [0.15, 0.2) is 6.07 Å². The van der Waals surface area contributed by atoms with E-state index in [1.807, 2.05) is 0 Å². The van der Waals surface area contributed by atoms with E-state index in [1.54, 1.807) is 20.8 Å². The zero-order valence-electron chi connectivity index (χ0n) is 14.8. The summed E-state index contributed by atoms with van der Waals surface area (Å²) < 4.78 is 20.7. The summed E-state index contributed by atoms with van der Waals surface area (Å²) in [6.07, 6.45) is 1.74. The van der Waals surface area contributed by atoms with Crippen LogP contribution in [0.4, 0.5) is 4.79 Å². The maximum Gasteiger partial charge on any atom is 0.514 e. The van der Waals surface area contributed by atoms with Gasteiger partial charge in [-0.25, -0.2) is 9.59 Å². The molecule has 1 heterocycles. The van der Waals surface area contributed by atoms with Crippen LogP contribution in [-0.2, 0) is 14.9 Å². The van der Waals surface area contributed by atoms with E-state index in [0.717, 1.165) is 24.8 Å². The van der Waals surface area contributed by atoms with Crippen LogP contribution in [0.1, 0.15) is 56.0 Å². The maximum atomic E-state index is 12.3. The Balaban J connectivity index is 2.06. The standard InChI is InChI=1S/C18H22O7/c1-17(2,3)25-16(21)24-14-11(19)9-10-13(12(14)15(20)22-4)23-8-7-18(10)5-6-18/h9,19H,5-8H2,1-4H3. The number of carbonyl (C=O) groups excluding carboxylic acids is 2. The van der Waals surface area contributed by atoms with Crippen LogP contribution in [0.25, 0.3) is 0 Å². The number of hydrogen-bond acceptors (Lipinski definition) is 7. The minimum Gasteiger partial charge on any atom is -0.504 e. The summed E-state index contributed by atoms with van der Waals surface area (Å²) >= 11 is 0. The molecular weight excluding hydrogens is 328 g/mol. The van der Waals surface area contributed by atoms with Crippen LogP contribution >= 0.6 is 0 Å². The molecule has 0 unspecified atom stereocenters. The lowest BCUT2D eigenvalue weighted by Crippen LogP contribution is -2.27. The van der Waals surface area contributed by atoms with E-state index in [9.17, 15) is 14.7 Å². The van der Waals surface area contributed by atoms with Gasteiger partial charge in [-0.05, 0) is 46.1 Å². The first-order chi connectivity index (χ1) is 11.7. The van der Waals surface area contributed by atoms with Crippen LogP contribution in [0.3, 0.4) is 0 Å². The molecule has 7 heteroatoms. The highest BCUT2D eigenvalue weighted by Gasteiger charge is 2.50. The first kappa shape index (κ1) is 17.4. The van der Waals surface area contributed by atoms with Crippen molar-refractivity contribution in [3.8, 4) is 17.2 Å². The number of aromatic hydroxyl groups is 1. The number of methoxy groups -OCH3 is 1. The van der Waals surface area contributed by atoms with E-state index >= 15 is 0 Å². The molecule has 0 radical (unpaired) electrons. The number of hydrogen-bond donors (Lipinski definition) is 1. The molecule has 1 aliphatic carbocycles. The van der Waals surface area contributed by atoms with E-state index in [-0.39, 0.29) is 22.5 Å². The number of ether oxygens (including phenoxy) is 4. The molecule has 1 fully saturated rings. The number of esters is 1. The molecule has 1 N–H and O–H groups in total. The fourth-order valence-corrected chi connectivity index (χ4v) is 3.08. The molecule has 1 aromatic carbocycles. The Morgan fingerprint density at radius 3 is 2.48 bits per heavy atom. The van der Waals surface area contributed by atoms with Crippen molar-refractivity contribution < 1.29 is 33.6 Å². The molecule has 0 bridgehead atoms. The second-order valence-corrected chi connectivity index (χ2v) is 7.41. The number of carbonyl (C=O) groups is 2. The van der Waals surface area contributed by atoms with Crippen LogP contribution in [0, 0.1) is 0 Å². The fourth-order valence-electron chi connectivity index (χ4n) is 3.08. The summed E-state index contributed by atoms with van der Waals surface area (Å²) in [6.45, 7) is 5.50. The number of rotatable bonds is 2. The maximum absolute atomic E-state index is 12.3. The number of phenols is 1. The molecular formula is C18H22O7. The average molecular weight is 350 g/mol. The molecule has 0 saturated heterocycles. The predicted molar refractivity (Wildman–Crippen MR) is 87.3 cm³/mol. The predicted octanol–water partition coefficient (Wildman–Crippen LogP) is 3.31. The molecule has 0 aromatic heterocycles. The second-order valence-electron chi connectivity index (χ2n) is 7.41. The minimum atomic E-state index is -1.02. The van der Waals surface area contributed by atoms with Gasteiger partial charge in [-0.2, -0.15) is 0 Å². The Morgan fingerprint density at radius 1 is 1.24 bits per heavy atom. The molecule has 7 nitrogen and oxygen atoms in total. The van der Waals surface area contributed by atoms with Gasteiger partial charge in [-0.3, -0.25) is 0 Å². The van der Waals surface area contributed by atoms with Crippen LogP contribution in [-0.4, -0.2) is 36.5 Å². The number of fused-ring (bicyclic) bond motifs is 2. The lowest BCUT2D eigenvalue weighted by Gasteiger charge is -2.28. The summed E-state index contributed by atoms with van der Waals surface area (Å²) in [6, 6.07) is 1.51. The number of phenolic OH excluding ortho intramolecular Hbond substituents is 1. The molecule has 2 aliphatic rings. The molecule has 25 heavy (non-hydrogen) atoms. The number of benzene rings is 1. The third kappa shape index (κ3) is 3.23. The first-order valence-corrected chi connectivity index (χ1v) is 8.19. The van der Waals surface area contributed by atoms with Gasteiger partial charge in [-0.15, -0.1) is 0 Å². The average Bonchev–Trinajstić information content (AvgIpc) is 3.27. The Morgan fingerprint density at radius 2 is 1.92 bits per heavy atom. The summed E-state index contributed by atoms with van der Waals surface area (Å²) in [5.41, 5.74) is -0.179. The van der Waals surface area contributed by atoms with E-state index in [0.29, 0.717) is 12.4 Å². The zero-order valence-corrected chi connectivity index (χ0v) is 14.8. The van der Waals surface area contributed by atoms with Gasteiger partial charge >= 0.3 is 12.1 Å². The van der Waals surface area contributed by atoms with E-state index < -0.39 is 17.7 Å². The Hall–Kier alpha value is -2.44. The van der Waals surface area contributed by atoms with Gasteiger partial charge in [0, 0.05) is 11.0 Å². The zero-order chi connectivity index (χ0) is 18.4. The topological polar surface area (TPSA) is 91.3 Å². The monoisotopic (exact) mass is 350 g/mol. The van der Waals surface area contributed by atoms with Gasteiger partial charge in [0.05, 0.1) is 13.7 Å². The van der Waals surface area contributed by atoms with Crippen molar-refractivity contribution in [3.05, 3.63) is 17.2 Å². The summed E-state index contributed by atoms with van der Waals surface area (Å²) in [7, 11) is 1.21. The van der Waals surface area contributed by atoms with Crippen molar-refractivity contribution in [2.45, 2.75) is 51.0 Å². The van der Waals surface area contributed by atoms with Crippen molar-refractivity contribution in [1.29, 1.82) is 0 Å². The van der Waals surface area contributed by atoms with Gasteiger partial charge in [0.25, 0.3) is 0 Å². The third-order valence-corrected chi connectivity index (χ3v) is 4.43. The molecule has 3 rings (SSSR count). The summed E-state index contributed by atoms with van der Waals surface area (Å²) in [5, 5.41) is 10.4. The first-order valence-electron chi connectivity index (χ1n) is 8.19. The Bertz CT molecular complexity index is 726. The normalized spacial score (nSPS) is 17.3. The van der Waals surface area contributed by atoms with Gasteiger partial charge in [-0.1, -0.05) is 0 Å². The van der Waals surface area contributed by atoms with Gasteiger partial charge in [0.2, 0.25) is 0 Å². The molecule has 1 aromatic rings. The van der Waals surface area contributed by atoms with Gasteiger partial charge < -0.3 is 24.1 Å². The largest absolute Gasteiger partial charge is 0.514 e. The molecule has 0 atom stereocenters. The Kier molecular flexibility index (Phi) is 4.05. The lowest BCUT2D eigenvalue weighted by molar-refractivity contribution is 0.0196. The van der Waals surface area contributed by atoms with Gasteiger partial charge in [0.1, 0.15) is 16.9 Å². The van der Waals surface area contributed by atoms with Crippen LogP contribution in [0.5, 0.6) is 17.2 Å². The van der Waals surface area contributed by atoms with Gasteiger partial charge in [0.15, 0.2) is 11.5 Å². The summed E-state index contributed by atoms with van der Waals surface area (Å²) in [5.74, 6) is -1.06. The smallest absolute Gasteiger partial charge is 0.504 e. The highest BCUT2D eigenvalue weighted by Crippen LogP contribution is 2.59. The molecule has 1 aliphatic heterocycles. The molecule has 136 valence electrons. The lowest BCUT2D eigenvalue weighted by atomic mass is 9.87. The minimum absolute atomic E-state index is 0.0711. The van der Waals surface area contributed by atoms with Crippen molar-refractivity contribution >= 4 is 12.1 Å². The van der Waals surface area contributed by atoms with Crippen molar-refractivity contribution in [2.75, 3.05) is 13.7 Å². The molecule has 0 amide bonds. The quantitative estimate of drug-likeness (QED) is 0.646. The van der Waals surface area contributed by atoms with E-state index in [1.165, 1.54) is 13.2 Å². The highest BCUT2D eigenvalue weighted by molar-refractivity contribution is 5.98. The van der Waals surface area contributed by atoms with Crippen molar-refractivity contribution in [3.63, 3.8) is 0 Å². The van der Waals surface area contributed by atoms with E-state index in [4.69, 9.17) is 18.9 Å². The molecule has 1 saturated carbocycles. The third-order valence-electron chi connectivity index (χ3n) is 4.43. The molecule has 1 spiro atoms. The van der Waals surface area contributed by atoms with Crippen LogP contribution < -0.4 is 9.47 Å². The summed E-state index contributed by atoms with van der Waals surface area (Å²) in [4.78, 5) is 24.3. The van der Waals surface area contributed by atoms with Crippen molar-refractivity contribution in [1.82, 2.24) is 0 Å². The van der Waals surface area contributed by atoms with Crippen molar-refractivity contribution in [2.24, 2.45) is 0 Å². The highest BCUT2D eigenvalue weighted by atomic mass is 16.7. The Labute approximate surface area is 145 Å².